The molecule has 0 aliphatic heterocycles. The summed E-state index contributed by atoms with van der Waals surface area (Å²) < 4.78 is 12.8. The Morgan fingerprint density at radius 3 is 2.69 bits per heavy atom. The molecule has 3 heteroatoms. The van der Waals surface area contributed by atoms with Crippen LogP contribution in [0.5, 0.6) is 0 Å². The first-order valence-corrected chi connectivity index (χ1v) is 5.99. The molecule has 1 aliphatic carbocycles. The molecule has 1 fully saturated rings. The second-order valence-electron chi connectivity index (χ2n) is 5.13. The topological polar surface area (TPSA) is 38.9 Å². The van der Waals surface area contributed by atoms with Gasteiger partial charge in [0.15, 0.2) is 0 Å². The van der Waals surface area contributed by atoms with Gasteiger partial charge in [0.05, 0.1) is 17.4 Å². The molecule has 0 saturated heterocycles. The van der Waals surface area contributed by atoms with Gasteiger partial charge in [-0.15, -0.1) is 0 Å². The number of hydrogen-bond acceptors (Lipinski definition) is 2. The highest BCUT2D eigenvalue weighted by Crippen LogP contribution is 2.34. The Hall–Kier alpha value is -0.960. The molecule has 1 saturated carbocycles. The highest BCUT2D eigenvalue weighted by molar-refractivity contribution is 5.14. The molecule has 1 heterocycles. The van der Waals surface area contributed by atoms with Gasteiger partial charge in [-0.1, -0.05) is 25.7 Å². The van der Waals surface area contributed by atoms with Crippen molar-refractivity contribution >= 4 is 0 Å². The summed E-state index contributed by atoms with van der Waals surface area (Å²) >= 11 is 0. The summed E-state index contributed by atoms with van der Waals surface area (Å²) in [5.41, 5.74) is 6.65. The number of nitrogens with zero attached hydrogens (tertiary/aromatic N) is 1. The molecule has 1 aromatic heterocycles. The summed E-state index contributed by atoms with van der Waals surface area (Å²) in [4.78, 5) is 4.09. The van der Waals surface area contributed by atoms with Gasteiger partial charge in [0.1, 0.15) is 5.82 Å². The van der Waals surface area contributed by atoms with Crippen molar-refractivity contribution in [2.45, 2.75) is 44.6 Å². The van der Waals surface area contributed by atoms with Crippen LogP contribution in [0.4, 0.5) is 4.39 Å². The van der Waals surface area contributed by atoms with Gasteiger partial charge in [0.25, 0.3) is 0 Å². The zero-order valence-electron chi connectivity index (χ0n) is 9.75. The fourth-order valence-electron chi connectivity index (χ4n) is 2.63. The first-order valence-electron chi connectivity index (χ1n) is 5.99. The quantitative estimate of drug-likeness (QED) is 0.854. The molecule has 1 aliphatic rings. The summed E-state index contributed by atoms with van der Waals surface area (Å²) in [6, 6.07) is 3.13. The predicted molar refractivity (Wildman–Crippen MR) is 62.3 cm³/mol. The van der Waals surface area contributed by atoms with Crippen molar-refractivity contribution in [1.29, 1.82) is 0 Å². The van der Waals surface area contributed by atoms with Gasteiger partial charge in [0.2, 0.25) is 0 Å². The molecular formula is C13H19FN2. The van der Waals surface area contributed by atoms with Gasteiger partial charge in [-0.2, -0.15) is 0 Å². The molecule has 2 N–H and O–H groups in total. The van der Waals surface area contributed by atoms with Crippen LogP contribution < -0.4 is 5.73 Å². The molecule has 16 heavy (non-hydrogen) atoms. The smallest absolute Gasteiger partial charge is 0.141 e. The molecule has 0 radical (unpaired) electrons. The van der Waals surface area contributed by atoms with Gasteiger partial charge in [0, 0.05) is 0 Å². The van der Waals surface area contributed by atoms with Crippen LogP contribution in [-0.2, 0) is 5.54 Å². The van der Waals surface area contributed by atoms with E-state index in [-0.39, 0.29) is 5.82 Å². The lowest BCUT2D eigenvalue weighted by Crippen LogP contribution is -2.35. The van der Waals surface area contributed by atoms with Crippen molar-refractivity contribution in [2.24, 2.45) is 11.7 Å². The zero-order chi connectivity index (χ0) is 11.6. The molecule has 2 rings (SSSR count). The van der Waals surface area contributed by atoms with Crippen LogP contribution >= 0.6 is 0 Å². The lowest BCUT2D eigenvalue weighted by atomic mass is 9.86. The molecule has 0 bridgehead atoms. The maximum atomic E-state index is 12.8. The molecule has 1 atom stereocenters. The minimum absolute atomic E-state index is 0.305. The highest BCUT2D eigenvalue weighted by Gasteiger charge is 2.28. The number of pyridine rings is 1. The van der Waals surface area contributed by atoms with Crippen molar-refractivity contribution in [3.05, 3.63) is 29.8 Å². The van der Waals surface area contributed by atoms with E-state index in [0.717, 1.165) is 12.1 Å². The second kappa shape index (κ2) is 4.50. The molecule has 0 amide bonds. The van der Waals surface area contributed by atoms with Crippen LogP contribution in [-0.4, -0.2) is 4.98 Å². The van der Waals surface area contributed by atoms with Crippen LogP contribution in [0.2, 0.25) is 0 Å². The van der Waals surface area contributed by atoms with Crippen LogP contribution in [0.15, 0.2) is 18.3 Å². The standard InChI is InChI=1S/C13H19FN2/c1-13(15,8-10-4-2-3-5-10)12-7-6-11(14)9-16-12/h6-7,9-10H,2-5,8,15H2,1H3. The summed E-state index contributed by atoms with van der Waals surface area (Å²) in [6.07, 6.45) is 7.37. The summed E-state index contributed by atoms with van der Waals surface area (Å²) in [5, 5.41) is 0. The Labute approximate surface area is 96.1 Å². The van der Waals surface area contributed by atoms with Gasteiger partial charge in [-0.3, -0.25) is 4.98 Å². The third-order valence-electron chi connectivity index (χ3n) is 3.50. The average Bonchev–Trinajstić information content (AvgIpc) is 2.70. The van der Waals surface area contributed by atoms with Gasteiger partial charge >= 0.3 is 0 Å². The Kier molecular flexibility index (Phi) is 3.24. The predicted octanol–water partition coefficient (Wildman–Crippen LogP) is 2.97. The Morgan fingerprint density at radius 1 is 1.44 bits per heavy atom. The molecular weight excluding hydrogens is 203 g/mol. The van der Waals surface area contributed by atoms with Crippen LogP contribution in [0.3, 0.4) is 0 Å². The largest absolute Gasteiger partial charge is 0.320 e. The van der Waals surface area contributed by atoms with Gasteiger partial charge in [-0.25, -0.2) is 4.39 Å². The van der Waals surface area contributed by atoms with Crippen LogP contribution in [0.1, 0.15) is 44.7 Å². The van der Waals surface area contributed by atoms with E-state index in [1.165, 1.54) is 37.9 Å². The van der Waals surface area contributed by atoms with Crippen molar-refractivity contribution < 1.29 is 4.39 Å². The summed E-state index contributed by atoms with van der Waals surface area (Å²) in [5.74, 6) is 0.405. The first kappa shape index (κ1) is 11.5. The summed E-state index contributed by atoms with van der Waals surface area (Å²) in [7, 11) is 0. The Bertz CT molecular complexity index is 339. The number of hydrogen-bond donors (Lipinski definition) is 1. The highest BCUT2D eigenvalue weighted by atomic mass is 19.1. The van der Waals surface area contributed by atoms with E-state index in [1.807, 2.05) is 6.92 Å². The fraction of sp³-hybridized carbons (Fsp3) is 0.615. The molecule has 1 aromatic rings. The SMILES string of the molecule is CC(N)(CC1CCCC1)c1ccc(F)cn1. The van der Waals surface area contributed by atoms with Gasteiger partial charge in [-0.05, 0) is 31.4 Å². The Balaban J connectivity index is 2.07. The second-order valence-corrected chi connectivity index (χ2v) is 5.13. The van der Waals surface area contributed by atoms with E-state index in [1.54, 1.807) is 6.07 Å². The zero-order valence-corrected chi connectivity index (χ0v) is 9.75. The van der Waals surface area contributed by atoms with E-state index >= 15 is 0 Å². The van der Waals surface area contributed by atoms with Gasteiger partial charge < -0.3 is 5.73 Å². The molecule has 0 aromatic carbocycles. The monoisotopic (exact) mass is 222 g/mol. The average molecular weight is 222 g/mol. The third kappa shape index (κ3) is 2.59. The third-order valence-corrected chi connectivity index (χ3v) is 3.50. The fourth-order valence-corrected chi connectivity index (χ4v) is 2.63. The molecule has 1 unspecified atom stereocenters. The van der Waals surface area contributed by atoms with Crippen molar-refractivity contribution in [3.63, 3.8) is 0 Å². The number of rotatable bonds is 3. The van der Waals surface area contributed by atoms with E-state index in [4.69, 9.17) is 5.73 Å². The molecule has 88 valence electrons. The lowest BCUT2D eigenvalue weighted by molar-refractivity contribution is 0.341. The Morgan fingerprint density at radius 2 is 2.12 bits per heavy atom. The van der Waals surface area contributed by atoms with Crippen molar-refractivity contribution in [2.75, 3.05) is 0 Å². The van der Waals surface area contributed by atoms with Crippen LogP contribution in [0.25, 0.3) is 0 Å². The molecule has 2 nitrogen and oxygen atoms in total. The number of aromatic nitrogens is 1. The van der Waals surface area contributed by atoms with Crippen molar-refractivity contribution in [1.82, 2.24) is 4.98 Å². The maximum absolute atomic E-state index is 12.8. The van der Waals surface area contributed by atoms with Crippen molar-refractivity contribution in [3.8, 4) is 0 Å². The summed E-state index contributed by atoms with van der Waals surface area (Å²) in [6.45, 7) is 1.99. The maximum Gasteiger partial charge on any atom is 0.141 e. The van der Waals surface area contributed by atoms with E-state index in [0.29, 0.717) is 5.92 Å². The normalized spacial score (nSPS) is 20.9. The molecule has 0 spiro atoms. The van der Waals surface area contributed by atoms with E-state index < -0.39 is 5.54 Å². The number of halogens is 1. The van der Waals surface area contributed by atoms with E-state index in [9.17, 15) is 4.39 Å². The lowest BCUT2D eigenvalue weighted by Gasteiger charge is -2.27. The minimum atomic E-state index is -0.428. The van der Waals surface area contributed by atoms with Crippen LogP contribution in [0, 0.1) is 11.7 Å². The minimum Gasteiger partial charge on any atom is -0.320 e. The van der Waals surface area contributed by atoms with E-state index in [2.05, 4.69) is 4.98 Å². The first-order chi connectivity index (χ1) is 7.58. The number of nitrogens with two attached hydrogens (primary N) is 1.